The fourth-order valence-corrected chi connectivity index (χ4v) is 5.76. The van der Waals surface area contributed by atoms with Gasteiger partial charge in [-0.25, -0.2) is 21.6 Å². The van der Waals surface area contributed by atoms with Crippen LogP contribution in [0.15, 0.2) is 52.3 Å². The molecule has 0 amide bonds. The molecule has 0 radical (unpaired) electrons. The fourth-order valence-electron chi connectivity index (χ4n) is 3.14. The summed E-state index contributed by atoms with van der Waals surface area (Å²) in [6, 6.07) is 11.0. The lowest BCUT2D eigenvalue weighted by molar-refractivity contribution is 0.411. The lowest BCUT2D eigenvalue weighted by atomic mass is 10.2. The van der Waals surface area contributed by atoms with Crippen molar-refractivity contribution in [3.8, 4) is 5.75 Å². The van der Waals surface area contributed by atoms with E-state index in [0.717, 1.165) is 18.4 Å². The number of rotatable bonds is 7. The van der Waals surface area contributed by atoms with E-state index < -0.39 is 20.0 Å². The van der Waals surface area contributed by atoms with Crippen LogP contribution < -0.4 is 9.46 Å². The maximum absolute atomic E-state index is 12.5. The van der Waals surface area contributed by atoms with Crippen molar-refractivity contribution in [2.24, 2.45) is 0 Å². The third-order valence-corrected chi connectivity index (χ3v) is 8.08. The molecule has 152 valence electrons. The summed E-state index contributed by atoms with van der Waals surface area (Å²) in [5, 5.41) is 0. The third-order valence-electron chi connectivity index (χ3n) is 4.77. The Kier molecular flexibility index (Phi) is 6.09. The van der Waals surface area contributed by atoms with Gasteiger partial charge in [0.25, 0.3) is 0 Å². The van der Waals surface area contributed by atoms with Crippen molar-refractivity contribution in [1.29, 1.82) is 0 Å². The first-order valence-electron chi connectivity index (χ1n) is 8.97. The summed E-state index contributed by atoms with van der Waals surface area (Å²) in [5.74, 6) is 0.619. The molecule has 0 atom stereocenters. The van der Waals surface area contributed by atoms with Crippen LogP contribution in [0.1, 0.15) is 24.0 Å². The van der Waals surface area contributed by atoms with Crippen molar-refractivity contribution in [1.82, 2.24) is 9.03 Å². The van der Waals surface area contributed by atoms with E-state index in [-0.39, 0.29) is 16.3 Å². The molecule has 0 spiro atoms. The van der Waals surface area contributed by atoms with E-state index in [9.17, 15) is 16.8 Å². The molecule has 9 heteroatoms. The van der Waals surface area contributed by atoms with E-state index >= 15 is 0 Å². The quantitative estimate of drug-likeness (QED) is 0.736. The zero-order valence-corrected chi connectivity index (χ0v) is 17.5. The lowest BCUT2D eigenvalue weighted by Gasteiger charge is -2.15. The van der Waals surface area contributed by atoms with Crippen LogP contribution in [0.2, 0.25) is 0 Å². The minimum atomic E-state index is -3.69. The topological polar surface area (TPSA) is 92.8 Å². The maximum atomic E-state index is 12.5. The number of nitrogens with zero attached hydrogens (tertiary/aromatic N) is 1. The van der Waals surface area contributed by atoms with Gasteiger partial charge in [0.15, 0.2) is 0 Å². The summed E-state index contributed by atoms with van der Waals surface area (Å²) in [6.07, 6.45) is 1.76. The van der Waals surface area contributed by atoms with Crippen LogP contribution in [0.3, 0.4) is 0 Å². The van der Waals surface area contributed by atoms with Crippen LogP contribution >= 0.6 is 0 Å². The molecular formula is C19H24N2O5S2. The van der Waals surface area contributed by atoms with Crippen LogP contribution in [0, 0.1) is 6.92 Å². The number of benzene rings is 2. The molecule has 0 unspecified atom stereocenters. The highest BCUT2D eigenvalue weighted by Crippen LogP contribution is 2.23. The molecule has 7 nitrogen and oxygen atoms in total. The summed E-state index contributed by atoms with van der Waals surface area (Å²) in [5.41, 5.74) is 1.40. The molecule has 1 fully saturated rings. The van der Waals surface area contributed by atoms with Gasteiger partial charge < -0.3 is 4.74 Å². The average Bonchev–Trinajstić information content (AvgIpc) is 3.22. The smallest absolute Gasteiger partial charge is 0.243 e. The average molecular weight is 425 g/mol. The Morgan fingerprint density at radius 2 is 1.57 bits per heavy atom. The fraction of sp³-hybridized carbons (Fsp3) is 0.368. The molecule has 1 N–H and O–H groups in total. The number of hydrogen-bond acceptors (Lipinski definition) is 5. The normalized spacial score (nSPS) is 15.6. The van der Waals surface area contributed by atoms with Gasteiger partial charge in [0.1, 0.15) is 5.75 Å². The van der Waals surface area contributed by atoms with Crippen molar-refractivity contribution in [2.45, 2.75) is 36.1 Å². The largest absolute Gasteiger partial charge is 0.496 e. The Bertz CT molecular complexity index is 1040. The standard InChI is InChI=1S/C19H24N2O5S2/c1-15-13-18(9-10-19(15)26-2)27(22,23)20-14-16-5-7-17(8-6-16)28(24,25)21-11-3-4-12-21/h5-10,13,20H,3-4,11-12,14H2,1-2H3. The van der Waals surface area contributed by atoms with Crippen molar-refractivity contribution >= 4 is 20.0 Å². The van der Waals surface area contributed by atoms with Crippen LogP contribution in [-0.2, 0) is 26.6 Å². The van der Waals surface area contributed by atoms with Gasteiger partial charge in [-0.2, -0.15) is 4.31 Å². The predicted octanol–water partition coefficient (Wildman–Crippen LogP) is 2.27. The highest BCUT2D eigenvalue weighted by Gasteiger charge is 2.27. The molecule has 2 aromatic carbocycles. The van der Waals surface area contributed by atoms with Gasteiger partial charge >= 0.3 is 0 Å². The Labute approximate surface area is 166 Å². The van der Waals surface area contributed by atoms with Gasteiger partial charge in [-0.1, -0.05) is 12.1 Å². The van der Waals surface area contributed by atoms with E-state index in [0.29, 0.717) is 24.4 Å². The van der Waals surface area contributed by atoms with Crippen LogP contribution in [0.4, 0.5) is 0 Å². The van der Waals surface area contributed by atoms with E-state index in [1.165, 1.54) is 29.6 Å². The van der Waals surface area contributed by atoms with Crippen LogP contribution in [0.5, 0.6) is 5.75 Å². The summed E-state index contributed by atoms with van der Waals surface area (Å²) in [7, 11) is -5.63. The Hall–Kier alpha value is -1.94. The molecule has 28 heavy (non-hydrogen) atoms. The highest BCUT2D eigenvalue weighted by atomic mass is 32.2. The lowest BCUT2D eigenvalue weighted by Crippen LogP contribution is -2.28. The van der Waals surface area contributed by atoms with E-state index in [1.54, 1.807) is 31.2 Å². The third kappa shape index (κ3) is 4.38. The van der Waals surface area contributed by atoms with E-state index in [2.05, 4.69) is 4.72 Å². The number of methoxy groups -OCH3 is 1. The predicted molar refractivity (Wildman–Crippen MR) is 106 cm³/mol. The first-order chi connectivity index (χ1) is 13.2. The Morgan fingerprint density at radius 3 is 2.14 bits per heavy atom. The molecule has 0 aromatic heterocycles. The summed E-state index contributed by atoms with van der Waals surface area (Å²) in [6.45, 7) is 2.94. The van der Waals surface area contributed by atoms with E-state index in [4.69, 9.17) is 4.74 Å². The van der Waals surface area contributed by atoms with Crippen molar-refractivity contribution in [2.75, 3.05) is 20.2 Å². The second kappa shape index (κ2) is 8.20. The van der Waals surface area contributed by atoms with Gasteiger partial charge in [0.05, 0.1) is 16.9 Å². The second-order valence-electron chi connectivity index (χ2n) is 6.71. The molecule has 1 heterocycles. The molecule has 0 saturated carbocycles. The van der Waals surface area contributed by atoms with Crippen molar-refractivity contribution in [3.63, 3.8) is 0 Å². The van der Waals surface area contributed by atoms with Crippen LogP contribution in [0.25, 0.3) is 0 Å². The van der Waals surface area contributed by atoms with Gasteiger partial charge in [-0.05, 0) is 61.2 Å². The number of hydrogen-bond donors (Lipinski definition) is 1. The summed E-state index contributed by atoms with van der Waals surface area (Å²) in [4.78, 5) is 0.380. The molecule has 1 aliphatic heterocycles. The van der Waals surface area contributed by atoms with E-state index in [1.807, 2.05) is 0 Å². The van der Waals surface area contributed by atoms with Crippen LogP contribution in [-0.4, -0.2) is 41.3 Å². The molecular weight excluding hydrogens is 400 g/mol. The Balaban J connectivity index is 1.70. The van der Waals surface area contributed by atoms with Gasteiger partial charge in [-0.15, -0.1) is 0 Å². The Morgan fingerprint density at radius 1 is 0.964 bits per heavy atom. The number of ether oxygens (including phenoxy) is 1. The SMILES string of the molecule is COc1ccc(S(=O)(=O)NCc2ccc(S(=O)(=O)N3CCCC3)cc2)cc1C. The molecule has 0 bridgehead atoms. The molecule has 3 rings (SSSR count). The summed E-state index contributed by atoms with van der Waals surface area (Å²) < 4.78 is 59.3. The minimum absolute atomic E-state index is 0.0669. The maximum Gasteiger partial charge on any atom is 0.243 e. The summed E-state index contributed by atoms with van der Waals surface area (Å²) >= 11 is 0. The first-order valence-corrected chi connectivity index (χ1v) is 11.9. The molecule has 2 aromatic rings. The molecule has 0 aliphatic carbocycles. The van der Waals surface area contributed by atoms with Gasteiger partial charge in [-0.3, -0.25) is 0 Å². The van der Waals surface area contributed by atoms with Crippen molar-refractivity contribution in [3.05, 3.63) is 53.6 Å². The number of sulfonamides is 2. The zero-order valence-electron chi connectivity index (χ0n) is 15.9. The first kappa shape index (κ1) is 20.8. The molecule has 1 aliphatic rings. The highest BCUT2D eigenvalue weighted by molar-refractivity contribution is 7.89. The monoisotopic (exact) mass is 424 g/mol. The zero-order chi connectivity index (χ0) is 20.4. The minimum Gasteiger partial charge on any atom is -0.496 e. The molecule has 1 saturated heterocycles. The number of nitrogens with one attached hydrogen (secondary N) is 1. The van der Waals surface area contributed by atoms with Crippen molar-refractivity contribution < 1.29 is 21.6 Å². The van der Waals surface area contributed by atoms with Gasteiger partial charge in [0.2, 0.25) is 20.0 Å². The number of aryl methyl sites for hydroxylation is 1. The second-order valence-corrected chi connectivity index (χ2v) is 10.4. The van der Waals surface area contributed by atoms with Gasteiger partial charge in [0, 0.05) is 19.6 Å².